The number of hydrogen-bond acceptors (Lipinski definition) is 4. The number of aromatic nitrogens is 2. The van der Waals surface area contributed by atoms with Gasteiger partial charge in [-0.2, -0.15) is 0 Å². The van der Waals surface area contributed by atoms with Gasteiger partial charge in [-0.05, 0) is 47.8 Å². The molecule has 0 spiro atoms. The number of amides is 1. The predicted molar refractivity (Wildman–Crippen MR) is 105 cm³/mol. The lowest BCUT2D eigenvalue weighted by atomic mass is 10.1. The van der Waals surface area contributed by atoms with Crippen molar-refractivity contribution in [2.24, 2.45) is 0 Å². The molecule has 4 aromatic rings. The molecule has 132 valence electrons. The molecule has 2 aromatic carbocycles. The van der Waals surface area contributed by atoms with Gasteiger partial charge < -0.3 is 5.32 Å². The Balaban J connectivity index is 1.73. The molecule has 27 heavy (non-hydrogen) atoms. The van der Waals surface area contributed by atoms with Gasteiger partial charge in [0.25, 0.3) is 5.91 Å². The van der Waals surface area contributed by atoms with E-state index in [0.29, 0.717) is 22.8 Å². The fraction of sp³-hybridized carbons (Fsp3) is 0. The van der Waals surface area contributed by atoms with Gasteiger partial charge in [-0.3, -0.25) is 4.79 Å². The zero-order valence-electron chi connectivity index (χ0n) is 14.1. The van der Waals surface area contributed by atoms with E-state index in [1.54, 1.807) is 42.6 Å². The third kappa shape index (κ3) is 3.75. The number of carbonyl (C=O) groups excluding carboxylic acids is 1. The first-order chi connectivity index (χ1) is 13.2. The molecular formula is C21H14FN3OS. The smallest absolute Gasteiger partial charge is 0.256 e. The molecule has 0 atom stereocenters. The first kappa shape index (κ1) is 17.1. The second-order valence-corrected chi connectivity index (χ2v) is 6.70. The molecule has 0 bridgehead atoms. The number of carbonyl (C=O) groups is 1. The Morgan fingerprint density at radius 3 is 2.44 bits per heavy atom. The molecule has 1 amide bonds. The van der Waals surface area contributed by atoms with Gasteiger partial charge in [-0.1, -0.05) is 24.3 Å². The van der Waals surface area contributed by atoms with Crippen LogP contribution in [0.4, 0.5) is 10.2 Å². The van der Waals surface area contributed by atoms with Gasteiger partial charge in [-0.15, -0.1) is 11.3 Å². The summed E-state index contributed by atoms with van der Waals surface area (Å²) in [6.07, 6.45) is 1.57. The SMILES string of the molecule is O=C(Nc1ncc(-c2ccc(F)cc2)nc1-c1cccs1)c1ccccc1. The van der Waals surface area contributed by atoms with E-state index in [9.17, 15) is 9.18 Å². The summed E-state index contributed by atoms with van der Waals surface area (Å²) in [4.78, 5) is 22.5. The maximum absolute atomic E-state index is 13.2. The lowest BCUT2D eigenvalue weighted by Gasteiger charge is -2.10. The van der Waals surface area contributed by atoms with Crippen LogP contribution in [0.1, 0.15) is 10.4 Å². The Bertz CT molecular complexity index is 1060. The molecule has 0 radical (unpaired) electrons. The zero-order valence-corrected chi connectivity index (χ0v) is 14.9. The molecule has 6 heteroatoms. The highest BCUT2D eigenvalue weighted by molar-refractivity contribution is 7.13. The van der Waals surface area contributed by atoms with E-state index < -0.39 is 0 Å². The van der Waals surface area contributed by atoms with Crippen molar-refractivity contribution in [2.75, 3.05) is 5.32 Å². The van der Waals surface area contributed by atoms with Crippen LogP contribution < -0.4 is 5.32 Å². The second-order valence-electron chi connectivity index (χ2n) is 5.76. The average molecular weight is 375 g/mol. The molecule has 0 saturated heterocycles. The van der Waals surface area contributed by atoms with Crippen LogP contribution in [-0.4, -0.2) is 15.9 Å². The van der Waals surface area contributed by atoms with Crippen LogP contribution in [0, 0.1) is 5.82 Å². The van der Waals surface area contributed by atoms with Gasteiger partial charge in [0.1, 0.15) is 11.5 Å². The molecule has 4 nitrogen and oxygen atoms in total. The molecule has 2 heterocycles. The second kappa shape index (κ2) is 7.47. The number of rotatable bonds is 4. The summed E-state index contributed by atoms with van der Waals surface area (Å²) in [7, 11) is 0. The van der Waals surface area contributed by atoms with Crippen LogP contribution in [0.15, 0.2) is 78.3 Å². The fourth-order valence-corrected chi connectivity index (χ4v) is 3.31. The third-order valence-corrected chi connectivity index (χ3v) is 4.81. The minimum atomic E-state index is -0.308. The monoisotopic (exact) mass is 375 g/mol. The van der Waals surface area contributed by atoms with Gasteiger partial charge in [0.05, 0.1) is 16.8 Å². The third-order valence-electron chi connectivity index (χ3n) is 3.93. The van der Waals surface area contributed by atoms with Crippen molar-refractivity contribution in [3.8, 4) is 21.8 Å². The topological polar surface area (TPSA) is 54.9 Å². The first-order valence-corrected chi connectivity index (χ1v) is 9.12. The van der Waals surface area contributed by atoms with E-state index in [1.165, 1.54) is 23.5 Å². The highest BCUT2D eigenvalue weighted by atomic mass is 32.1. The van der Waals surface area contributed by atoms with E-state index in [4.69, 9.17) is 0 Å². The first-order valence-electron chi connectivity index (χ1n) is 8.24. The Morgan fingerprint density at radius 1 is 0.963 bits per heavy atom. The molecule has 0 aliphatic rings. The Kier molecular flexibility index (Phi) is 4.72. The number of nitrogens with zero attached hydrogens (tertiary/aromatic N) is 2. The Labute approximate surface area is 159 Å². The van der Waals surface area contributed by atoms with E-state index in [1.807, 2.05) is 23.6 Å². The number of hydrogen-bond donors (Lipinski definition) is 1. The van der Waals surface area contributed by atoms with Crippen LogP contribution >= 0.6 is 11.3 Å². The maximum atomic E-state index is 13.2. The van der Waals surface area contributed by atoms with E-state index >= 15 is 0 Å². The Hall–Kier alpha value is -3.38. The summed E-state index contributed by atoms with van der Waals surface area (Å²) < 4.78 is 13.2. The van der Waals surface area contributed by atoms with Gasteiger partial charge in [0.2, 0.25) is 0 Å². The predicted octanol–water partition coefficient (Wildman–Crippen LogP) is 5.26. The molecule has 1 N–H and O–H groups in total. The van der Waals surface area contributed by atoms with Gasteiger partial charge in [0, 0.05) is 11.1 Å². The lowest BCUT2D eigenvalue weighted by molar-refractivity contribution is 0.102. The zero-order chi connectivity index (χ0) is 18.6. The summed E-state index contributed by atoms with van der Waals surface area (Å²) in [5, 5.41) is 4.77. The summed E-state index contributed by atoms with van der Waals surface area (Å²) in [6, 6.07) is 18.8. The van der Waals surface area contributed by atoms with Gasteiger partial charge in [0.15, 0.2) is 5.82 Å². The number of halogens is 1. The van der Waals surface area contributed by atoms with Crippen molar-refractivity contribution in [1.82, 2.24) is 9.97 Å². The highest BCUT2D eigenvalue weighted by Gasteiger charge is 2.15. The summed E-state index contributed by atoms with van der Waals surface area (Å²) in [6.45, 7) is 0. The largest absolute Gasteiger partial charge is 0.305 e. The molecule has 0 aliphatic heterocycles. The molecule has 4 rings (SSSR count). The quantitative estimate of drug-likeness (QED) is 0.529. The molecule has 0 saturated carbocycles. The summed E-state index contributed by atoms with van der Waals surface area (Å²) in [5.41, 5.74) is 2.48. The molecule has 0 fully saturated rings. The van der Waals surface area contributed by atoms with E-state index in [-0.39, 0.29) is 11.7 Å². The van der Waals surface area contributed by atoms with Crippen molar-refractivity contribution >= 4 is 23.1 Å². The number of thiophene rings is 1. The van der Waals surface area contributed by atoms with E-state index in [0.717, 1.165) is 10.4 Å². The van der Waals surface area contributed by atoms with Crippen molar-refractivity contribution in [1.29, 1.82) is 0 Å². The Morgan fingerprint density at radius 2 is 1.74 bits per heavy atom. The molecule has 2 aromatic heterocycles. The number of benzene rings is 2. The van der Waals surface area contributed by atoms with Crippen LogP contribution in [0.2, 0.25) is 0 Å². The average Bonchev–Trinajstić information content (AvgIpc) is 3.24. The van der Waals surface area contributed by atoms with Crippen LogP contribution in [-0.2, 0) is 0 Å². The van der Waals surface area contributed by atoms with Crippen molar-refractivity contribution < 1.29 is 9.18 Å². The van der Waals surface area contributed by atoms with Crippen LogP contribution in [0.3, 0.4) is 0 Å². The highest BCUT2D eigenvalue weighted by Crippen LogP contribution is 2.31. The minimum Gasteiger partial charge on any atom is -0.305 e. The standard InChI is InChI=1S/C21H14FN3OS/c22-16-10-8-14(9-11-16)17-13-23-20(19(24-17)18-7-4-12-27-18)25-21(26)15-5-2-1-3-6-15/h1-13H,(H,23,25,26). The van der Waals surface area contributed by atoms with Crippen molar-refractivity contribution in [3.05, 3.63) is 89.7 Å². The number of nitrogens with one attached hydrogen (secondary N) is 1. The van der Waals surface area contributed by atoms with Gasteiger partial charge >= 0.3 is 0 Å². The molecular weight excluding hydrogens is 361 g/mol. The van der Waals surface area contributed by atoms with Crippen molar-refractivity contribution in [3.63, 3.8) is 0 Å². The van der Waals surface area contributed by atoms with Gasteiger partial charge in [-0.25, -0.2) is 14.4 Å². The maximum Gasteiger partial charge on any atom is 0.256 e. The molecule has 0 aliphatic carbocycles. The normalized spacial score (nSPS) is 10.6. The lowest BCUT2D eigenvalue weighted by Crippen LogP contribution is -2.14. The van der Waals surface area contributed by atoms with Crippen LogP contribution in [0.25, 0.3) is 21.8 Å². The minimum absolute atomic E-state index is 0.253. The summed E-state index contributed by atoms with van der Waals surface area (Å²) in [5.74, 6) is -0.175. The van der Waals surface area contributed by atoms with Crippen molar-refractivity contribution in [2.45, 2.75) is 0 Å². The number of anilines is 1. The van der Waals surface area contributed by atoms with E-state index in [2.05, 4.69) is 15.3 Å². The molecule has 0 unspecified atom stereocenters. The summed E-state index contributed by atoms with van der Waals surface area (Å²) >= 11 is 1.51. The fourth-order valence-electron chi connectivity index (χ4n) is 2.59. The van der Waals surface area contributed by atoms with Crippen LogP contribution in [0.5, 0.6) is 0 Å².